The maximum Gasteiger partial charge on any atom is 0.309 e. The van der Waals surface area contributed by atoms with E-state index in [1.165, 1.54) is 13.2 Å². The first-order chi connectivity index (χ1) is 9.11. The van der Waals surface area contributed by atoms with Crippen molar-refractivity contribution in [1.29, 1.82) is 0 Å². The number of carbonyl (C=O) groups excluding carboxylic acids is 1. The van der Waals surface area contributed by atoms with Gasteiger partial charge in [0.15, 0.2) is 0 Å². The Bertz CT molecular complexity index is 467. The summed E-state index contributed by atoms with van der Waals surface area (Å²) < 4.78 is 18.8. The molecule has 5 heteroatoms. The summed E-state index contributed by atoms with van der Waals surface area (Å²) in [4.78, 5) is 13.7. The van der Waals surface area contributed by atoms with Gasteiger partial charge in [-0.1, -0.05) is 12.1 Å². The van der Waals surface area contributed by atoms with Crippen LogP contribution in [0.5, 0.6) is 0 Å². The number of likely N-dealkylation sites (tertiary alicyclic amines) is 1. The van der Waals surface area contributed by atoms with Gasteiger partial charge in [-0.3, -0.25) is 9.69 Å². The molecule has 1 saturated heterocycles. The second-order valence-corrected chi connectivity index (χ2v) is 5.60. The first-order valence-corrected chi connectivity index (χ1v) is 7.14. The highest BCUT2D eigenvalue weighted by atomic mass is 79.9. The summed E-state index contributed by atoms with van der Waals surface area (Å²) in [5.74, 6) is -0.465. The van der Waals surface area contributed by atoms with Gasteiger partial charge >= 0.3 is 5.97 Å². The summed E-state index contributed by atoms with van der Waals surface area (Å²) >= 11 is 3.27. The molecule has 19 heavy (non-hydrogen) atoms. The van der Waals surface area contributed by atoms with E-state index in [0.29, 0.717) is 17.6 Å². The van der Waals surface area contributed by atoms with Gasteiger partial charge in [-0.05, 0) is 46.9 Å². The number of rotatable bonds is 3. The molecule has 2 rings (SSSR count). The molecule has 0 aliphatic carbocycles. The average molecular weight is 330 g/mol. The van der Waals surface area contributed by atoms with Crippen molar-refractivity contribution in [2.75, 3.05) is 20.2 Å². The fourth-order valence-electron chi connectivity index (χ4n) is 2.47. The summed E-state index contributed by atoms with van der Waals surface area (Å²) in [6.07, 6.45) is 1.83. The molecule has 0 radical (unpaired) electrons. The Morgan fingerprint density at radius 2 is 2.37 bits per heavy atom. The minimum atomic E-state index is -0.251. The highest BCUT2D eigenvalue weighted by molar-refractivity contribution is 9.10. The Morgan fingerprint density at radius 3 is 3.11 bits per heavy atom. The third-order valence-corrected chi connectivity index (χ3v) is 4.35. The SMILES string of the molecule is COC(=O)[C@H]1CCCN(Cc2cccc(F)c2Br)C1. The van der Waals surface area contributed by atoms with E-state index in [4.69, 9.17) is 4.74 Å². The van der Waals surface area contributed by atoms with Crippen molar-refractivity contribution < 1.29 is 13.9 Å². The standard InChI is InChI=1S/C14H17BrFNO2/c1-19-14(18)11-5-3-7-17(9-11)8-10-4-2-6-12(16)13(10)15/h2,4,6,11H,3,5,7-9H2,1H3/t11-/m0/s1. The van der Waals surface area contributed by atoms with E-state index in [0.717, 1.165) is 24.9 Å². The lowest BCUT2D eigenvalue weighted by molar-refractivity contribution is -0.147. The molecule has 0 amide bonds. The summed E-state index contributed by atoms with van der Waals surface area (Å²) in [6.45, 7) is 2.25. The van der Waals surface area contributed by atoms with Crippen LogP contribution in [0.4, 0.5) is 4.39 Å². The largest absolute Gasteiger partial charge is 0.469 e. The predicted octanol–water partition coefficient (Wildman–Crippen LogP) is 2.97. The summed E-state index contributed by atoms with van der Waals surface area (Å²) in [5.41, 5.74) is 0.908. The molecule has 0 aromatic heterocycles. The minimum Gasteiger partial charge on any atom is -0.469 e. The summed E-state index contributed by atoms with van der Waals surface area (Å²) in [6, 6.07) is 5.03. The molecule has 1 heterocycles. The van der Waals surface area contributed by atoms with Gasteiger partial charge in [0.1, 0.15) is 5.82 Å². The molecular formula is C14H17BrFNO2. The van der Waals surface area contributed by atoms with Gasteiger partial charge in [0, 0.05) is 13.1 Å². The molecule has 3 nitrogen and oxygen atoms in total. The second-order valence-electron chi connectivity index (χ2n) is 4.81. The lowest BCUT2D eigenvalue weighted by Crippen LogP contribution is -2.38. The van der Waals surface area contributed by atoms with Gasteiger partial charge in [0.25, 0.3) is 0 Å². The highest BCUT2D eigenvalue weighted by Crippen LogP contribution is 2.24. The molecule has 1 aromatic carbocycles. The van der Waals surface area contributed by atoms with Crippen molar-refractivity contribution in [3.05, 3.63) is 34.1 Å². The first-order valence-electron chi connectivity index (χ1n) is 6.35. The number of hydrogen-bond donors (Lipinski definition) is 0. The molecule has 1 atom stereocenters. The molecule has 0 bridgehead atoms. The molecule has 1 aliphatic rings. The highest BCUT2D eigenvalue weighted by Gasteiger charge is 2.26. The van der Waals surface area contributed by atoms with Gasteiger partial charge in [-0.25, -0.2) is 4.39 Å². The zero-order chi connectivity index (χ0) is 13.8. The van der Waals surface area contributed by atoms with E-state index in [2.05, 4.69) is 20.8 Å². The van der Waals surface area contributed by atoms with Crippen molar-refractivity contribution in [2.24, 2.45) is 5.92 Å². The smallest absolute Gasteiger partial charge is 0.309 e. The topological polar surface area (TPSA) is 29.5 Å². The second kappa shape index (κ2) is 6.48. The van der Waals surface area contributed by atoms with Crippen molar-refractivity contribution >= 4 is 21.9 Å². The van der Waals surface area contributed by atoms with Crippen LogP contribution in [0.15, 0.2) is 22.7 Å². The summed E-state index contributed by atoms with van der Waals surface area (Å²) in [7, 11) is 1.42. The molecule has 1 fully saturated rings. The van der Waals surface area contributed by atoms with Crippen molar-refractivity contribution in [2.45, 2.75) is 19.4 Å². The minimum absolute atomic E-state index is 0.0638. The van der Waals surface area contributed by atoms with Crippen LogP contribution in [0.1, 0.15) is 18.4 Å². The number of ether oxygens (including phenoxy) is 1. The lowest BCUT2D eigenvalue weighted by Gasteiger charge is -2.31. The molecule has 0 unspecified atom stereocenters. The van der Waals surface area contributed by atoms with Crippen LogP contribution < -0.4 is 0 Å². The van der Waals surface area contributed by atoms with Crippen LogP contribution in [0.3, 0.4) is 0 Å². The Hall–Kier alpha value is -0.940. The van der Waals surface area contributed by atoms with E-state index in [-0.39, 0.29) is 17.7 Å². The van der Waals surface area contributed by atoms with Crippen LogP contribution >= 0.6 is 15.9 Å². The molecule has 104 valence electrons. The zero-order valence-corrected chi connectivity index (χ0v) is 12.5. The van der Waals surface area contributed by atoms with E-state index < -0.39 is 0 Å². The summed E-state index contributed by atoms with van der Waals surface area (Å²) in [5, 5.41) is 0. The van der Waals surface area contributed by atoms with Crippen LogP contribution in [-0.4, -0.2) is 31.1 Å². The average Bonchev–Trinajstić information content (AvgIpc) is 2.43. The number of benzene rings is 1. The van der Waals surface area contributed by atoms with Gasteiger partial charge < -0.3 is 4.74 Å². The van der Waals surface area contributed by atoms with Crippen molar-refractivity contribution in [3.63, 3.8) is 0 Å². The number of esters is 1. The van der Waals surface area contributed by atoms with E-state index in [9.17, 15) is 9.18 Å². The molecule has 0 saturated carbocycles. The molecular weight excluding hydrogens is 313 g/mol. The number of hydrogen-bond acceptors (Lipinski definition) is 3. The zero-order valence-electron chi connectivity index (χ0n) is 10.9. The first kappa shape index (κ1) is 14.5. The van der Waals surface area contributed by atoms with Crippen LogP contribution in [0, 0.1) is 11.7 Å². The Labute approximate surface area is 120 Å². The van der Waals surface area contributed by atoms with Gasteiger partial charge in [0.2, 0.25) is 0 Å². The maximum atomic E-state index is 13.5. The van der Waals surface area contributed by atoms with Gasteiger partial charge in [-0.2, -0.15) is 0 Å². The Balaban J connectivity index is 2.03. The van der Waals surface area contributed by atoms with Gasteiger partial charge in [0.05, 0.1) is 17.5 Å². The quantitative estimate of drug-likeness (QED) is 0.798. The maximum absolute atomic E-state index is 13.5. The van der Waals surface area contributed by atoms with Crippen LogP contribution in [-0.2, 0) is 16.1 Å². The van der Waals surface area contributed by atoms with E-state index in [1.54, 1.807) is 6.07 Å². The number of nitrogens with zero attached hydrogens (tertiary/aromatic N) is 1. The van der Waals surface area contributed by atoms with E-state index >= 15 is 0 Å². The fraction of sp³-hybridized carbons (Fsp3) is 0.500. The Kier molecular flexibility index (Phi) is 4.93. The lowest BCUT2D eigenvalue weighted by atomic mass is 9.98. The molecule has 1 aliphatic heterocycles. The van der Waals surface area contributed by atoms with E-state index in [1.807, 2.05) is 6.07 Å². The number of halogens is 2. The van der Waals surface area contributed by atoms with Crippen LogP contribution in [0.2, 0.25) is 0 Å². The normalized spacial score (nSPS) is 20.3. The van der Waals surface area contributed by atoms with Crippen molar-refractivity contribution in [3.8, 4) is 0 Å². The van der Waals surface area contributed by atoms with Gasteiger partial charge in [-0.15, -0.1) is 0 Å². The molecule has 1 aromatic rings. The van der Waals surface area contributed by atoms with Crippen LogP contribution in [0.25, 0.3) is 0 Å². The predicted molar refractivity (Wildman–Crippen MR) is 74.1 cm³/mol. The molecule has 0 spiro atoms. The third-order valence-electron chi connectivity index (χ3n) is 3.47. The monoisotopic (exact) mass is 329 g/mol. The fourth-order valence-corrected chi connectivity index (χ4v) is 2.86. The number of carbonyl (C=O) groups is 1. The number of piperidine rings is 1. The molecule has 0 N–H and O–H groups in total. The Morgan fingerprint density at radius 1 is 1.58 bits per heavy atom. The number of methoxy groups -OCH3 is 1. The van der Waals surface area contributed by atoms with Crippen molar-refractivity contribution in [1.82, 2.24) is 4.90 Å². The third kappa shape index (κ3) is 3.54.